The molecule has 0 bridgehead atoms. The molecule has 1 aliphatic rings. The van der Waals surface area contributed by atoms with Gasteiger partial charge in [-0.2, -0.15) is 0 Å². The van der Waals surface area contributed by atoms with Crippen molar-refractivity contribution in [2.45, 2.75) is 91.4 Å². The second kappa shape index (κ2) is 29.0. The molecule has 7 aromatic carbocycles. The molecule has 0 aliphatic carbocycles. The lowest BCUT2D eigenvalue weighted by atomic mass is 9.98. The smallest absolute Gasteiger partial charge is 0.305 e. The molecule has 416 valence electrons. The van der Waals surface area contributed by atoms with Gasteiger partial charge >= 0.3 is 23.9 Å². The Morgan fingerprint density at radius 1 is 0.388 bits per heavy atom. The van der Waals surface area contributed by atoms with E-state index in [1.54, 1.807) is 12.1 Å². The number of nitrogens with one attached hydrogen (secondary N) is 1. The summed E-state index contributed by atoms with van der Waals surface area (Å²) >= 11 is 0. The van der Waals surface area contributed by atoms with Gasteiger partial charge in [0.05, 0.1) is 5.69 Å². The minimum Gasteiger partial charge on any atom is -0.488 e. The van der Waals surface area contributed by atoms with Crippen molar-refractivity contribution in [3.8, 4) is 40.2 Å². The van der Waals surface area contributed by atoms with Crippen LogP contribution in [0.15, 0.2) is 176 Å². The monoisotopic (exact) mass is 1090 g/mol. The third kappa shape index (κ3) is 16.6. The third-order valence-electron chi connectivity index (χ3n) is 12.2. The van der Waals surface area contributed by atoms with Gasteiger partial charge in [-0.05, 0) is 52.6 Å². The zero-order valence-electron chi connectivity index (χ0n) is 44.8. The summed E-state index contributed by atoms with van der Waals surface area (Å²) in [5.74, 6) is -0.755. The lowest BCUT2D eigenvalue weighted by Gasteiger charge is -2.43. The van der Waals surface area contributed by atoms with Gasteiger partial charge in [-0.3, -0.25) is 19.2 Å². The predicted molar refractivity (Wildman–Crippen MR) is 293 cm³/mol. The first-order valence-corrected chi connectivity index (χ1v) is 26.0. The fourth-order valence-electron chi connectivity index (χ4n) is 8.58. The lowest BCUT2D eigenvalue weighted by molar-refractivity contribution is -0.298. The van der Waals surface area contributed by atoms with Crippen molar-refractivity contribution >= 4 is 29.6 Å². The van der Waals surface area contributed by atoms with E-state index in [0.29, 0.717) is 42.7 Å². The summed E-state index contributed by atoms with van der Waals surface area (Å²) in [7, 11) is 0. The average Bonchev–Trinajstić information content (AvgIpc) is 3.49. The van der Waals surface area contributed by atoms with E-state index < -0.39 is 61.2 Å². The lowest BCUT2D eigenvalue weighted by Crippen LogP contribution is -2.63. The molecular formula is C63H63NO16. The van der Waals surface area contributed by atoms with Crippen molar-refractivity contribution < 1.29 is 76.0 Å². The molecule has 1 aliphatic heterocycles. The molecule has 5 unspecified atom stereocenters. The molecule has 0 spiro atoms. The van der Waals surface area contributed by atoms with Crippen LogP contribution in [0.25, 0.3) is 0 Å². The molecule has 1 fully saturated rings. The maximum absolute atomic E-state index is 12.7. The minimum absolute atomic E-state index is 0.00553. The first kappa shape index (κ1) is 57.0. The highest BCUT2D eigenvalue weighted by Crippen LogP contribution is 2.46. The topological polar surface area (TPSA) is 191 Å². The van der Waals surface area contributed by atoms with Crippen LogP contribution >= 0.6 is 0 Å². The summed E-state index contributed by atoms with van der Waals surface area (Å²) in [4.78, 5) is 50.1. The van der Waals surface area contributed by atoms with Gasteiger partial charge in [0.25, 0.3) is 0 Å². The highest BCUT2D eigenvalue weighted by molar-refractivity contribution is 5.69. The molecule has 1 N–H and O–H groups in total. The maximum Gasteiger partial charge on any atom is 0.305 e. The molecule has 0 saturated carbocycles. The molecule has 8 rings (SSSR count). The van der Waals surface area contributed by atoms with Crippen LogP contribution < -0.4 is 38.5 Å². The van der Waals surface area contributed by atoms with Gasteiger partial charge in [0.2, 0.25) is 23.9 Å². The normalized spacial score (nSPS) is 16.4. The Balaban J connectivity index is 1.05. The van der Waals surface area contributed by atoms with Gasteiger partial charge in [0.15, 0.2) is 35.2 Å². The Bertz CT molecular complexity index is 3110. The number of esters is 4. The average molecular weight is 1090 g/mol. The first-order chi connectivity index (χ1) is 39.0. The number of hydrogen-bond donors (Lipinski definition) is 1. The van der Waals surface area contributed by atoms with Crippen molar-refractivity contribution in [3.63, 3.8) is 0 Å². The zero-order chi connectivity index (χ0) is 56.1. The summed E-state index contributed by atoms with van der Waals surface area (Å²) in [5.41, 5.74) is 5.32. The molecule has 0 radical (unpaired) electrons. The van der Waals surface area contributed by atoms with Crippen LogP contribution in [0.1, 0.15) is 55.5 Å². The number of ether oxygens (including phenoxy) is 12. The van der Waals surface area contributed by atoms with Crippen LogP contribution in [0.2, 0.25) is 0 Å². The van der Waals surface area contributed by atoms with Crippen molar-refractivity contribution in [3.05, 3.63) is 204 Å². The van der Waals surface area contributed by atoms with E-state index in [9.17, 15) is 19.2 Å². The largest absolute Gasteiger partial charge is 0.488 e. The summed E-state index contributed by atoms with van der Waals surface area (Å²) in [5, 5.41) is 3.53. The van der Waals surface area contributed by atoms with Crippen LogP contribution in [0, 0.1) is 0 Å². The fourth-order valence-corrected chi connectivity index (χ4v) is 8.58. The van der Waals surface area contributed by atoms with Crippen molar-refractivity contribution in [2.24, 2.45) is 0 Å². The van der Waals surface area contributed by atoms with Crippen molar-refractivity contribution in [1.82, 2.24) is 0 Å². The Labute approximate surface area is 464 Å². The maximum atomic E-state index is 12.7. The van der Waals surface area contributed by atoms with Gasteiger partial charge in [0.1, 0.15) is 58.1 Å². The molecule has 17 nitrogen and oxygen atoms in total. The van der Waals surface area contributed by atoms with E-state index in [0.717, 1.165) is 55.5 Å². The number of benzene rings is 7. The Morgan fingerprint density at radius 3 is 1.34 bits per heavy atom. The van der Waals surface area contributed by atoms with E-state index in [-0.39, 0.29) is 49.4 Å². The molecule has 5 atom stereocenters. The van der Waals surface area contributed by atoms with E-state index in [2.05, 4.69) is 5.32 Å². The van der Waals surface area contributed by atoms with Gasteiger partial charge in [-0.15, -0.1) is 0 Å². The summed E-state index contributed by atoms with van der Waals surface area (Å²) in [6, 6.07) is 55.6. The molecular weight excluding hydrogens is 1030 g/mol. The molecule has 1 saturated heterocycles. The van der Waals surface area contributed by atoms with Crippen LogP contribution in [-0.2, 0) is 75.8 Å². The summed E-state index contributed by atoms with van der Waals surface area (Å²) < 4.78 is 73.8. The number of para-hydroxylation sites is 3. The fraction of sp³-hybridized carbons (Fsp3) is 0.270. The van der Waals surface area contributed by atoms with Crippen LogP contribution in [0.3, 0.4) is 0 Å². The Hall–Kier alpha value is -9.22. The molecule has 7 aromatic rings. The van der Waals surface area contributed by atoms with Crippen LogP contribution in [-0.4, -0.2) is 74.4 Å². The third-order valence-corrected chi connectivity index (χ3v) is 12.2. The summed E-state index contributed by atoms with van der Waals surface area (Å²) in [6.07, 6.45) is -7.45. The highest BCUT2D eigenvalue weighted by atomic mass is 16.7. The van der Waals surface area contributed by atoms with Gasteiger partial charge in [-0.1, -0.05) is 146 Å². The van der Waals surface area contributed by atoms with Crippen molar-refractivity contribution in [1.29, 1.82) is 0 Å². The van der Waals surface area contributed by atoms with Crippen LogP contribution in [0.5, 0.6) is 40.2 Å². The number of carbonyl (C=O) groups is 4. The van der Waals surface area contributed by atoms with Crippen molar-refractivity contribution in [2.75, 3.05) is 25.1 Å². The molecule has 17 heteroatoms. The molecule has 0 amide bonds. The highest BCUT2D eigenvalue weighted by Gasteiger charge is 2.53. The van der Waals surface area contributed by atoms with Gasteiger partial charge in [-0.25, -0.2) is 0 Å². The minimum atomic E-state index is -1.63. The number of carbonyl (C=O) groups excluding carboxylic acids is 4. The Kier molecular flexibility index (Phi) is 20.6. The SMILES string of the molecule is CC(=O)OC1OC(COc2c(OCCOc3ccccc3NCc3cccc(OCc4ccccc4)c3OCc3ccccc3)ccc(OCc3ccccc3)c2OCc2ccccc2)C(OC(C)=O)C(OC(C)=O)C1OC(C)=O. The number of hydrogen-bond acceptors (Lipinski definition) is 17. The second-order valence-corrected chi connectivity index (χ2v) is 18.3. The first-order valence-electron chi connectivity index (χ1n) is 26.0. The molecule has 0 aromatic heterocycles. The molecule has 1 heterocycles. The number of rotatable bonds is 27. The second-order valence-electron chi connectivity index (χ2n) is 18.3. The summed E-state index contributed by atoms with van der Waals surface area (Å²) in [6.45, 7) is 5.40. The van der Waals surface area contributed by atoms with Gasteiger partial charge in [0, 0.05) is 39.8 Å². The van der Waals surface area contributed by atoms with Crippen LogP contribution in [0.4, 0.5) is 5.69 Å². The Morgan fingerprint density at radius 2 is 0.800 bits per heavy atom. The quantitative estimate of drug-likeness (QED) is 0.0290. The molecule has 80 heavy (non-hydrogen) atoms. The predicted octanol–water partition coefficient (Wildman–Crippen LogP) is 10.5. The van der Waals surface area contributed by atoms with E-state index in [4.69, 9.17) is 56.8 Å². The van der Waals surface area contributed by atoms with E-state index >= 15 is 0 Å². The number of anilines is 1. The van der Waals surface area contributed by atoms with E-state index in [1.165, 1.54) is 0 Å². The van der Waals surface area contributed by atoms with E-state index in [1.807, 2.05) is 164 Å². The zero-order valence-corrected chi connectivity index (χ0v) is 44.8. The van der Waals surface area contributed by atoms with Gasteiger partial charge < -0.3 is 62.2 Å². The standard InChI is InChI=1S/C63H63NO16/c1-42(65)76-60-56(80-63(79-45(4)68)62(78-44(3)67)61(60)77-43(2)66)41-75-58-54(32-33-55(72-38-47-22-11-6-12-23-47)59(58)74-40-49-26-15-8-16-27-49)70-35-34-69-52-30-18-17-29-51(52)64-36-50-28-19-31-53(71-37-46-20-9-5-10-21-46)57(50)73-39-48-24-13-7-14-25-48/h5-33,56,60-64H,34-41H2,1-4H3.